The first kappa shape index (κ1) is 12.8. The fraction of sp³-hybridized carbons (Fsp3) is 0.333. The van der Waals surface area contributed by atoms with E-state index >= 15 is 0 Å². The number of ether oxygens (including phenoxy) is 1. The van der Waals surface area contributed by atoms with Gasteiger partial charge in [0.2, 0.25) is 0 Å². The lowest BCUT2D eigenvalue weighted by Crippen LogP contribution is -2.01. The van der Waals surface area contributed by atoms with Crippen molar-refractivity contribution in [3.8, 4) is 5.75 Å². The van der Waals surface area contributed by atoms with Crippen LogP contribution in [0, 0.1) is 0 Å². The summed E-state index contributed by atoms with van der Waals surface area (Å²) in [6.07, 6.45) is 0.948. The quantitative estimate of drug-likeness (QED) is 0.724. The van der Waals surface area contributed by atoms with Crippen LogP contribution in [0.4, 0.5) is 0 Å². The molecule has 0 heterocycles. The van der Waals surface area contributed by atoms with E-state index in [2.05, 4.69) is 51.4 Å². The van der Waals surface area contributed by atoms with Gasteiger partial charge in [0.25, 0.3) is 0 Å². The molecule has 15 heavy (non-hydrogen) atoms. The SMILES string of the molecule is C=C(C)COc1c(Br)cc(Br)cc1CC. The molecule has 0 unspecified atom stereocenters. The second kappa shape index (κ2) is 5.71. The van der Waals surface area contributed by atoms with Crippen LogP contribution in [-0.4, -0.2) is 6.61 Å². The Hall–Kier alpha value is -0.280. The molecule has 0 fully saturated rings. The standard InChI is InChI=1S/C12H14Br2O/c1-4-9-5-10(13)6-11(14)12(9)15-7-8(2)3/h5-6H,2,4,7H2,1,3H3. The highest BCUT2D eigenvalue weighted by atomic mass is 79.9. The summed E-state index contributed by atoms with van der Waals surface area (Å²) in [7, 11) is 0. The molecule has 0 spiro atoms. The van der Waals surface area contributed by atoms with Crippen molar-refractivity contribution >= 4 is 31.9 Å². The molecule has 0 aliphatic rings. The van der Waals surface area contributed by atoms with E-state index < -0.39 is 0 Å². The number of hydrogen-bond donors (Lipinski definition) is 0. The molecular weight excluding hydrogens is 320 g/mol. The fourth-order valence-corrected chi connectivity index (χ4v) is 2.66. The van der Waals surface area contributed by atoms with E-state index in [0.717, 1.165) is 26.7 Å². The summed E-state index contributed by atoms with van der Waals surface area (Å²) in [5.41, 5.74) is 2.21. The van der Waals surface area contributed by atoms with Crippen LogP contribution in [0.25, 0.3) is 0 Å². The predicted octanol–water partition coefficient (Wildman–Crippen LogP) is 4.73. The first-order valence-electron chi connectivity index (χ1n) is 4.79. The van der Waals surface area contributed by atoms with Crippen molar-refractivity contribution in [1.82, 2.24) is 0 Å². The molecule has 1 nitrogen and oxygen atoms in total. The number of benzene rings is 1. The topological polar surface area (TPSA) is 9.23 Å². The summed E-state index contributed by atoms with van der Waals surface area (Å²) in [6.45, 7) is 8.46. The number of hydrogen-bond acceptors (Lipinski definition) is 1. The van der Waals surface area contributed by atoms with Gasteiger partial charge >= 0.3 is 0 Å². The molecule has 0 N–H and O–H groups in total. The van der Waals surface area contributed by atoms with Gasteiger partial charge in [0.1, 0.15) is 12.4 Å². The van der Waals surface area contributed by atoms with Crippen molar-refractivity contribution in [2.45, 2.75) is 20.3 Å². The zero-order valence-corrected chi connectivity index (χ0v) is 12.1. The molecule has 0 atom stereocenters. The van der Waals surface area contributed by atoms with Gasteiger partial charge in [0.05, 0.1) is 4.47 Å². The zero-order chi connectivity index (χ0) is 11.4. The van der Waals surface area contributed by atoms with Gasteiger partial charge in [0.15, 0.2) is 0 Å². The molecule has 0 aliphatic carbocycles. The lowest BCUT2D eigenvalue weighted by Gasteiger charge is -2.13. The van der Waals surface area contributed by atoms with E-state index in [1.807, 2.05) is 13.0 Å². The molecule has 1 rings (SSSR count). The molecule has 0 saturated carbocycles. The van der Waals surface area contributed by atoms with Crippen LogP contribution in [0.5, 0.6) is 5.75 Å². The molecule has 0 aromatic heterocycles. The van der Waals surface area contributed by atoms with Crippen LogP contribution in [0.3, 0.4) is 0 Å². The Morgan fingerprint density at radius 1 is 1.40 bits per heavy atom. The minimum absolute atomic E-state index is 0.563. The van der Waals surface area contributed by atoms with Gasteiger partial charge in [-0.3, -0.25) is 0 Å². The number of halogens is 2. The Morgan fingerprint density at radius 3 is 2.60 bits per heavy atom. The Kier molecular flexibility index (Phi) is 4.87. The maximum Gasteiger partial charge on any atom is 0.137 e. The molecule has 1 aromatic carbocycles. The van der Waals surface area contributed by atoms with E-state index in [1.54, 1.807) is 0 Å². The second-order valence-corrected chi connectivity index (χ2v) is 5.25. The Morgan fingerprint density at radius 2 is 2.07 bits per heavy atom. The maximum absolute atomic E-state index is 5.71. The van der Waals surface area contributed by atoms with Gasteiger partial charge < -0.3 is 4.74 Å². The Labute approximate surface area is 108 Å². The van der Waals surface area contributed by atoms with Crippen LogP contribution in [0.2, 0.25) is 0 Å². The third-order valence-corrected chi connectivity index (χ3v) is 2.98. The van der Waals surface area contributed by atoms with Crippen molar-refractivity contribution in [1.29, 1.82) is 0 Å². The predicted molar refractivity (Wildman–Crippen MR) is 71.5 cm³/mol. The number of aryl methyl sites for hydroxylation is 1. The van der Waals surface area contributed by atoms with Crippen LogP contribution in [-0.2, 0) is 6.42 Å². The smallest absolute Gasteiger partial charge is 0.137 e. The summed E-state index contributed by atoms with van der Waals surface area (Å²) in [4.78, 5) is 0. The van der Waals surface area contributed by atoms with Crippen molar-refractivity contribution in [3.63, 3.8) is 0 Å². The van der Waals surface area contributed by atoms with Crippen LogP contribution < -0.4 is 4.74 Å². The van der Waals surface area contributed by atoms with E-state index in [9.17, 15) is 0 Å². The zero-order valence-electron chi connectivity index (χ0n) is 8.94. The lowest BCUT2D eigenvalue weighted by atomic mass is 10.1. The highest BCUT2D eigenvalue weighted by Gasteiger charge is 2.08. The van der Waals surface area contributed by atoms with Crippen LogP contribution in [0.15, 0.2) is 33.2 Å². The molecule has 0 saturated heterocycles. The van der Waals surface area contributed by atoms with Gasteiger partial charge in [-0.05, 0) is 52.5 Å². The molecule has 0 radical (unpaired) electrons. The average molecular weight is 334 g/mol. The molecule has 0 aliphatic heterocycles. The van der Waals surface area contributed by atoms with Gasteiger partial charge in [-0.1, -0.05) is 29.4 Å². The molecule has 3 heteroatoms. The molecule has 1 aromatic rings. The molecule has 0 bridgehead atoms. The molecule has 82 valence electrons. The minimum atomic E-state index is 0.563. The van der Waals surface area contributed by atoms with E-state index in [0.29, 0.717) is 6.61 Å². The second-order valence-electron chi connectivity index (χ2n) is 3.48. The normalized spacial score (nSPS) is 10.1. The summed E-state index contributed by atoms with van der Waals surface area (Å²) < 4.78 is 7.75. The van der Waals surface area contributed by atoms with Crippen molar-refractivity contribution in [3.05, 3.63) is 38.8 Å². The van der Waals surface area contributed by atoms with Gasteiger partial charge in [0, 0.05) is 4.47 Å². The summed E-state index contributed by atoms with van der Waals surface area (Å²) >= 11 is 6.97. The fourth-order valence-electron chi connectivity index (χ4n) is 1.23. The highest BCUT2D eigenvalue weighted by Crippen LogP contribution is 2.33. The van der Waals surface area contributed by atoms with E-state index in [1.165, 1.54) is 5.56 Å². The summed E-state index contributed by atoms with van der Waals surface area (Å²) in [5.74, 6) is 0.920. The van der Waals surface area contributed by atoms with Gasteiger partial charge in [-0.25, -0.2) is 0 Å². The Bertz CT molecular complexity index is 372. The maximum atomic E-state index is 5.71. The van der Waals surface area contributed by atoms with Crippen molar-refractivity contribution in [2.24, 2.45) is 0 Å². The van der Waals surface area contributed by atoms with E-state index in [4.69, 9.17) is 4.74 Å². The van der Waals surface area contributed by atoms with Crippen LogP contribution in [0.1, 0.15) is 19.4 Å². The first-order chi connectivity index (χ1) is 7.04. The van der Waals surface area contributed by atoms with Crippen LogP contribution >= 0.6 is 31.9 Å². The van der Waals surface area contributed by atoms with Gasteiger partial charge in [-0.15, -0.1) is 0 Å². The Balaban J connectivity index is 2.98. The highest BCUT2D eigenvalue weighted by molar-refractivity contribution is 9.11. The summed E-state index contributed by atoms with van der Waals surface area (Å²) in [5, 5.41) is 0. The van der Waals surface area contributed by atoms with Crippen molar-refractivity contribution < 1.29 is 4.74 Å². The summed E-state index contributed by atoms with van der Waals surface area (Å²) in [6, 6.07) is 4.07. The first-order valence-corrected chi connectivity index (χ1v) is 6.38. The third-order valence-electron chi connectivity index (χ3n) is 1.93. The average Bonchev–Trinajstić information content (AvgIpc) is 2.14. The molecular formula is C12H14Br2O. The number of rotatable bonds is 4. The van der Waals surface area contributed by atoms with E-state index in [-0.39, 0.29) is 0 Å². The van der Waals surface area contributed by atoms with Gasteiger partial charge in [-0.2, -0.15) is 0 Å². The molecule has 0 amide bonds. The van der Waals surface area contributed by atoms with Crippen molar-refractivity contribution in [2.75, 3.05) is 6.61 Å². The third kappa shape index (κ3) is 3.65. The monoisotopic (exact) mass is 332 g/mol. The lowest BCUT2D eigenvalue weighted by molar-refractivity contribution is 0.347. The minimum Gasteiger partial charge on any atom is -0.488 e. The largest absolute Gasteiger partial charge is 0.488 e.